The first-order valence-electron chi connectivity index (χ1n) is 15.9. The summed E-state index contributed by atoms with van der Waals surface area (Å²) in [6.45, 7) is 17.6. The molecular weight excluding hydrogens is 528 g/mol. The minimum atomic E-state index is -0.770. The van der Waals surface area contributed by atoms with Gasteiger partial charge in [0.1, 0.15) is 11.6 Å². The van der Waals surface area contributed by atoms with Gasteiger partial charge in [0.25, 0.3) is 0 Å². The van der Waals surface area contributed by atoms with E-state index in [1.54, 1.807) is 20.8 Å². The van der Waals surface area contributed by atoms with E-state index in [0.29, 0.717) is 44.6 Å². The minimum Gasteiger partial charge on any atom is -0.458 e. The third kappa shape index (κ3) is 18.9. The quantitative estimate of drug-likeness (QED) is 0.130. The number of rotatable bonds is 19. The summed E-state index contributed by atoms with van der Waals surface area (Å²) in [5.41, 5.74) is 8.14. The molecule has 240 valence electrons. The zero-order valence-corrected chi connectivity index (χ0v) is 27.7. The maximum atomic E-state index is 12.8. The molecule has 8 heteroatoms. The van der Waals surface area contributed by atoms with E-state index in [1.165, 1.54) is 11.1 Å². The van der Waals surface area contributed by atoms with Crippen LogP contribution >= 0.6 is 0 Å². The van der Waals surface area contributed by atoms with Gasteiger partial charge < -0.3 is 26.4 Å². The summed E-state index contributed by atoms with van der Waals surface area (Å²) in [7, 11) is 0. The Morgan fingerprint density at radius 2 is 1.43 bits per heavy atom. The summed E-state index contributed by atoms with van der Waals surface area (Å²) in [4.78, 5) is 37.9. The number of aryl methyl sites for hydroxylation is 1. The Morgan fingerprint density at radius 1 is 0.833 bits per heavy atom. The number of hydrogen-bond acceptors (Lipinski definition) is 6. The summed E-state index contributed by atoms with van der Waals surface area (Å²) in [6, 6.07) is 7.24. The van der Waals surface area contributed by atoms with Crippen LogP contribution in [0.2, 0.25) is 0 Å². The number of ether oxygens (including phenoxy) is 1. The summed E-state index contributed by atoms with van der Waals surface area (Å²) in [5, 5.41) is 9.22. The molecule has 0 aliphatic carbocycles. The van der Waals surface area contributed by atoms with E-state index in [-0.39, 0.29) is 17.4 Å². The van der Waals surface area contributed by atoms with Gasteiger partial charge in [0.2, 0.25) is 11.8 Å². The fourth-order valence-electron chi connectivity index (χ4n) is 4.54. The predicted molar refractivity (Wildman–Crippen MR) is 172 cm³/mol. The maximum absolute atomic E-state index is 12.8. The highest BCUT2D eigenvalue weighted by Gasteiger charge is 2.28. The first-order chi connectivity index (χ1) is 19.6. The molecule has 1 aromatic carbocycles. The normalized spacial score (nSPS) is 13.5. The number of unbranched alkanes of at least 4 members (excludes halogenated alkanes) is 2. The van der Waals surface area contributed by atoms with Crippen molar-refractivity contribution in [2.45, 2.75) is 143 Å². The Bertz CT molecular complexity index is 932. The van der Waals surface area contributed by atoms with Crippen LogP contribution in [0.15, 0.2) is 24.3 Å². The monoisotopic (exact) mass is 588 g/mol. The molecule has 0 aliphatic rings. The number of amides is 2. The molecule has 0 radical (unpaired) electrons. The van der Waals surface area contributed by atoms with Crippen molar-refractivity contribution in [3.63, 3.8) is 0 Å². The van der Waals surface area contributed by atoms with Gasteiger partial charge in [-0.15, -0.1) is 0 Å². The minimum absolute atomic E-state index is 0.0343. The lowest BCUT2D eigenvalue weighted by Crippen LogP contribution is -2.50. The fraction of sp³-hybridized carbons (Fsp3) is 0.735. The highest BCUT2D eigenvalue weighted by molar-refractivity contribution is 5.87. The van der Waals surface area contributed by atoms with Crippen molar-refractivity contribution in [3.8, 4) is 0 Å². The predicted octanol–water partition coefficient (Wildman–Crippen LogP) is 5.21. The van der Waals surface area contributed by atoms with Gasteiger partial charge in [0.15, 0.2) is 0 Å². The SMILES string of the molecule is CC(C)Cc1ccc(CCCC(=O)NCCCCC(NC(=O)C(N)CCCCNC(C)(C)C)C(=O)OC(C)(C)C)cc1. The van der Waals surface area contributed by atoms with Gasteiger partial charge in [-0.3, -0.25) is 9.59 Å². The third-order valence-electron chi connectivity index (χ3n) is 6.72. The second kappa shape index (κ2) is 19.0. The molecule has 2 unspecified atom stereocenters. The topological polar surface area (TPSA) is 123 Å². The number of carbonyl (C=O) groups is 3. The van der Waals surface area contributed by atoms with Crippen LogP contribution in [0.5, 0.6) is 0 Å². The number of carbonyl (C=O) groups excluding carboxylic acids is 3. The number of esters is 1. The molecule has 8 nitrogen and oxygen atoms in total. The molecule has 2 atom stereocenters. The van der Waals surface area contributed by atoms with Crippen LogP contribution in [0.1, 0.15) is 118 Å². The van der Waals surface area contributed by atoms with Crippen LogP contribution in [0.4, 0.5) is 0 Å². The van der Waals surface area contributed by atoms with Gasteiger partial charge >= 0.3 is 5.97 Å². The molecule has 2 amide bonds. The molecule has 0 heterocycles. The van der Waals surface area contributed by atoms with E-state index >= 15 is 0 Å². The Labute approximate surface area is 255 Å². The molecule has 0 bridgehead atoms. The largest absolute Gasteiger partial charge is 0.458 e. The molecule has 42 heavy (non-hydrogen) atoms. The molecule has 0 fully saturated rings. The van der Waals surface area contributed by atoms with E-state index in [4.69, 9.17) is 10.5 Å². The highest BCUT2D eigenvalue weighted by atomic mass is 16.6. The third-order valence-corrected chi connectivity index (χ3v) is 6.72. The molecule has 0 saturated carbocycles. The van der Waals surface area contributed by atoms with Crippen LogP contribution in [0, 0.1) is 5.92 Å². The summed E-state index contributed by atoms with van der Waals surface area (Å²) >= 11 is 0. The Morgan fingerprint density at radius 3 is 2.02 bits per heavy atom. The van der Waals surface area contributed by atoms with E-state index in [9.17, 15) is 14.4 Å². The van der Waals surface area contributed by atoms with Gasteiger partial charge in [-0.1, -0.05) is 44.5 Å². The molecule has 1 rings (SSSR count). The molecule has 1 aromatic rings. The van der Waals surface area contributed by atoms with Crippen LogP contribution in [-0.2, 0) is 32.0 Å². The van der Waals surface area contributed by atoms with Gasteiger partial charge in [0.05, 0.1) is 6.04 Å². The maximum Gasteiger partial charge on any atom is 0.329 e. The lowest BCUT2D eigenvalue weighted by Gasteiger charge is -2.25. The number of nitrogens with two attached hydrogens (primary N) is 1. The van der Waals surface area contributed by atoms with Gasteiger partial charge in [0, 0.05) is 18.5 Å². The van der Waals surface area contributed by atoms with E-state index in [1.807, 2.05) is 0 Å². The summed E-state index contributed by atoms with van der Waals surface area (Å²) < 4.78 is 5.55. The number of benzene rings is 1. The average Bonchev–Trinajstić information content (AvgIpc) is 2.86. The van der Waals surface area contributed by atoms with E-state index in [0.717, 1.165) is 38.6 Å². The molecule has 0 aromatic heterocycles. The van der Waals surface area contributed by atoms with E-state index < -0.39 is 23.7 Å². The lowest BCUT2D eigenvalue weighted by molar-refractivity contribution is -0.159. The first kappa shape index (κ1) is 37.6. The van der Waals surface area contributed by atoms with Crippen molar-refractivity contribution in [1.82, 2.24) is 16.0 Å². The van der Waals surface area contributed by atoms with Crippen molar-refractivity contribution in [2.24, 2.45) is 11.7 Å². The van der Waals surface area contributed by atoms with Crippen LogP contribution in [0.3, 0.4) is 0 Å². The smallest absolute Gasteiger partial charge is 0.329 e. The second-order valence-corrected chi connectivity index (χ2v) is 14.0. The van der Waals surface area contributed by atoms with Crippen molar-refractivity contribution >= 4 is 17.8 Å². The van der Waals surface area contributed by atoms with Gasteiger partial charge in [-0.2, -0.15) is 0 Å². The Kier molecular flexibility index (Phi) is 17.0. The standard InChI is InChI=1S/C34H60N4O4/c1-25(2)24-27-20-18-26(19-21-27)14-13-17-30(39)36-22-11-10-16-29(32(41)42-34(6,7)8)38-31(40)28(35)15-9-12-23-37-33(3,4)5/h18-21,25,28-29,37H,9-17,22-24,35H2,1-8H3,(H,36,39)(H,38,40). The fourth-order valence-corrected chi connectivity index (χ4v) is 4.54. The van der Waals surface area contributed by atoms with Crippen molar-refractivity contribution in [1.29, 1.82) is 0 Å². The Balaban J connectivity index is 2.40. The van der Waals surface area contributed by atoms with Crippen LogP contribution in [0.25, 0.3) is 0 Å². The molecule has 5 N–H and O–H groups in total. The molecule has 0 spiro atoms. The molecule has 0 saturated heterocycles. The summed E-state index contributed by atoms with van der Waals surface area (Å²) in [6.07, 6.45) is 7.31. The van der Waals surface area contributed by atoms with Crippen LogP contribution in [-0.4, -0.2) is 54.1 Å². The van der Waals surface area contributed by atoms with Crippen molar-refractivity contribution < 1.29 is 19.1 Å². The van der Waals surface area contributed by atoms with Gasteiger partial charge in [-0.05, 0) is 116 Å². The zero-order chi connectivity index (χ0) is 31.8. The zero-order valence-electron chi connectivity index (χ0n) is 27.7. The lowest BCUT2D eigenvalue weighted by atomic mass is 10.00. The van der Waals surface area contributed by atoms with Crippen molar-refractivity contribution in [3.05, 3.63) is 35.4 Å². The summed E-state index contributed by atoms with van der Waals surface area (Å²) in [5.74, 6) is -0.121. The van der Waals surface area contributed by atoms with Crippen LogP contribution < -0.4 is 21.7 Å². The molecular formula is C34H60N4O4. The highest BCUT2D eigenvalue weighted by Crippen LogP contribution is 2.13. The average molecular weight is 589 g/mol. The van der Waals surface area contributed by atoms with Crippen molar-refractivity contribution in [2.75, 3.05) is 13.1 Å². The Hall–Kier alpha value is -2.45. The number of nitrogens with one attached hydrogen (secondary N) is 3. The molecule has 0 aliphatic heterocycles. The second-order valence-electron chi connectivity index (χ2n) is 14.0. The number of hydrogen-bond donors (Lipinski definition) is 4. The van der Waals surface area contributed by atoms with E-state index in [2.05, 4.69) is 74.8 Å². The first-order valence-corrected chi connectivity index (χ1v) is 15.9. The van der Waals surface area contributed by atoms with Gasteiger partial charge in [-0.25, -0.2) is 4.79 Å².